The molecule has 0 spiro atoms. The van der Waals surface area contributed by atoms with E-state index in [2.05, 4.69) is 30.0 Å². The summed E-state index contributed by atoms with van der Waals surface area (Å²) < 4.78 is 3.79. The molecule has 0 bridgehead atoms. The molecule has 1 atom stereocenters. The summed E-state index contributed by atoms with van der Waals surface area (Å²) in [4.78, 5) is 4.18. The first kappa shape index (κ1) is 12.8. The van der Waals surface area contributed by atoms with Gasteiger partial charge in [-0.1, -0.05) is 6.92 Å². The van der Waals surface area contributed by atoms with Crippen molar-refractivity contribution in [2.24, 2.45) is 7.05 Å². The number of imidazole rings is 1. The molecule has 1 N–H and O–H groups in total. The average Bonchev–Trinajstić information content (AvgIpc) is 2.95. The fourth-order valence-corrected chi connectivity index (χ4v) is 2.11. The van der Waals surface area contributed by atoms with E-state index in [1.54, 1.807) is 6.20 Å². The van der Waals surface area contributed by atoms with Gasteiger partial charge in [0, 0.05) is 38.1 Å². The number of aromatic nitrogens is 4. The Hall–Kier alpha value is -1.62. The van der Waals surface area contributed by atoms with Gasteiger partial charge in [-0.05, 0) is 19.4 Å². The Balaban J connectivity index is 2.18. The van der Waals surface area contributed by atoms with Crippen LogP contribution >= 0.6 is 0 Å². The zero-order valence-corrected chi connectivity index (χ0v) is 11.2. The fraction of sp³-hybridized carbons (Fsp3) is 0.538. The highest BCUT2D eigenvalue weighted by atomic mass is 16.3. The van der Waals surface area contributed by atoms with Crippen LogP contribution in [0.25, 0.3) is 0 Å². The first-order valence-corrected chi connectivity index (χ1v) is 6.36. The zero-order chi connectivity index (χ0) is 13.1. The van der Waals surface area contributed by atoms with Crippen LogP contribution < -0.4 is 0 Å². The molecule has 1 unspecified atom stereocenters. The molecule has 5 nitrogen and oxygen atoms in total. The van der Waals surface area contributed by atoms with E-state index in [-0.39, 0.29) is 0 Å². The van der Waals surface area contributed by atoms with E-state index in [0.717, 1.165) is 24.4 Å². The summed E-state index contributed by atoms with van der Waals surface area (Å²) in [6.45, 7) is 4.97. The van der Waals surface area contributed by atoms with Crippen molar-refractivity contribution >= 4 is 0 Å². The van der Waals surface area contributed by atoms with E-state index >= 15 is 0 Å². The minimum Gasteiger partial charge on any atom is -0.385 e. The number of aliphatic hydroxyl groups is 1. The van der Waals surface area contributed by atoms with Crippen LogP contribution in [0.4, 0.5) is 0 Å². The van der Waals surface area contributed by atoms with Crippen molar-refractivity contribution in [1.82, 2.24) is 19.3 Å². The smallest absolute Gasteiger partial charge is 0.137 e. The predicted octanol–water partition coefficient (Wildman–Crippen LogP) is 1.47. The topological polar surface area (TPSA) is 55.9 Å². The summed E-state index contributed by atoms with van der Waals surface area (Å²) in [6.07, 6.45) is 4.42. The Labute approximate surface area is 107 Å². The summed E-state index contributed by atoms with van der Waals surface area (Å²) >= 11 is 0. The molecule has 5 heteroatoms. The lowest BCUT2D eigenvalue weighted by molar-refractivity contribution is 0.162. The average molecular weight is 248 g/mol. The van der Waals surface area contributed by atoms with Gasteiger partial charge in [-0.3, -0.25) is 4.68 Å². The van der Waals surface area contributed by atoms with E-state index in [1.807, 2.05) is 22.5 Å². The summed E-state index contributed by atoms with van der Waals surface area (Å²) in [5.41, 5.74) is 2.13. The van der Waals surface area contributed by atoms with Gasteiger partial charge < -0.3 is 9.67 Å². The number of nitrogens with zero attached hydrogens (tertiary/aromatic N) is 4. The number of aliphatic hydroxyl groups excluding tert-OH is 1. The lowest BCUT2D eigenvalue weighted by Crippen LogP contribution is -2.12. The number of hydrogen-bond donors (Lipinski definition) is 1. The second-order valence-electron chi connectivity index (χ2n) is 4.41. The maximum atomic E-state index is 10.2. The molecule has 18 heavy (non-hydrogen) atoms. The van der Waals surface area contributed by atoms with Crippen molar-refractivity contribution in [1.29, 1.82) is 0 Å². The molecule has 2 rings (SSSR count). The van der Waals surface area contributed by atoms with Crippen LogP contribution in [0.2, 0.25) is 0 Å². The van der Waals surface area contributed by atoms with Crippen LogP contribution in [0.3, 0.4) is 0 Å². The molecule has 0 amide bonds. The minimum atomic E-state index is -0.586. The Bertz CT molecular complexity index is 515. The maximum Gasteiger partial charge on any atom is 0.137 e. The Morgan fingerprint density at radius 1 is 1.39 bits per heavy atom. The van der Waals surface area contributed by atoms with Gasteiger partial charge in [-0.15, -0.1) is 0 Å². The highest BCUT2D eigenvalue weighted by Gasteiger charge is 2.16. The molecule has 0 aliphatic rings. The lowest BCUT2D eigenvalue weighted by atomic mass is 10.1. The Morgan fingerprint density at radius 2 is 2.17 bits per heavy atom. The van der Waals surface area contributed by atoms with E-state index in [0.29, 0.717) is 12.2 Å². The van der Waals surface area contributed by atoms with Gasteiger partial charge in [0.2, 0.25) is 0 Å². The maximum absolute atomic E-state index is 10.2. The summed E-state index contributed by atoms with van der Waals surface area (Å²) in [5.74, 6) is 0.692. The second kappa shape index (κ2) is 5.35. The van der Waals surface area contributed by atoms with Crippen molar-refractivity contribution in [3.8, 4) is 0 Å². The molecule has 0 radical (unpaired) electrons. The van der Waals surface area contributed by atoms with Crippen LogP contribution in [-0.4, -0.2) is 24.4 Å². The van der Waals surface area contributed by atoms with E-state index < -0.39 is 6.10 Å². The monoisotopic (exact) mass is 248 g/mol. The fourth-order valence-electron chi connectivity index (χ4n) is 2.11. The Kier molecular flexibility index (Phi) is 3.81. The van der Waals surface area contributed by atoms with Gasteiger partial charge in [-0.25, -0.2) is 4.98 Å². The number of aryl methyl sites for hydroxylation is 3. The van der Waals surface area contributed by atoms with Crippen LogP contribution in [0.5, 0.6) is 0 Å². The van der Waals surface area contributed by atoms with Gasteiger partial charge in [-0.2, -0.15) is 5.10 Å². The van der Waals surface area contributed by atoms with Crippen LogP contribution in [0, 0.1) is 0 Å². The molecular weight excluding hydrogens is 228 g/mol. The second-order valence-corrected chi connectivity index (χ2v) is 4.41. The summed E-state index contributed by atoms with van der Waals surface area (Å²) in [5, 5.41) is 14.7. The number of hydrogen-bond acceptors (Lipinski definition) is 3. The van der Waals surface area contributed by atoms with Gasteiger partial charge in [0.05, 0.1) is 5.69 Å². The predicted molar refractivity (Wildman–Crippen MR) is 69.2 cm³/mol. The SMILES string of the molecule is CCc1cc(CC(O)c2nccn2C)n(CC)n1. The molecule has 2 heterocycles. The van der Waals surface area contributed by atoms with Crippen LogP contribution in [-0.2, 0) is 26.4 Å². The van der Waals surface area contributed by atoms with Gasteiger partial charge in [0.1, 0.15) is 11.9 Å². The molecule has 0 saturated carbocycles. The van der Waals surface area contributed by atoms with Gasteiger partial charge in [0.15, 0.2) is 0 Å². The molecule has 2 aromatic heterocycles. The van der Waals surface area contributed by atoms with Crippen molar-refractivity contribution in [2.45, 2.75) is 39.3 Å². The first-order chi connectivity index (χ1) is 8.65. The molecule has 0 aromatic carbocycles. The quantitative estimate of drug-likeness (QED) is 0.872. The molecular formula is C13H20N4O. The third kappa shape index (κ3) is 2.46. The van der Waals surface area contributed by atoms with Crippen molar-refractivity contribution in [2.75, 3.05) is 0 Å². The minimum absolute atomic E-state index is 0.547. The largest absolute Gasteiger partial charge is 0.385 e. The normalized spacial score (nSPS) is 12.9. The van der Waals surface area contributed by atoms with Crippen molar-refractivity contribution in [3.05, 3.63) is 35.7 Å². The first-order valence-electron chi connectivity index (χ1n) is 6.36. The van der Waals surface area contributed by atoms with Crippen LogP contribution in [0.15, 0.2) is 18.5 Å². The third-order valence-electron chi connectivity index (χ3n) is 3.13. The number of rotatable bonds is 5. The molecule has 0 fully saturated rings. The molecule has 0 aliphatic heterocycles. The molecule has 98 valence electrons. The van der Waals surface area contributed by atoms with Crippen LogP contribution in [0.1, 0.15) is 37.2 Å². The Morgan fingerprint density at radius 3 is 2.72 bits per heavy atom. The van der Waals surface area contributed by atoms with Gasteiger partial charge in [0.25, 0.3) is 0 Å². The van der Waals surface area contributed by atoms with E-state index in [1.165, 1.54) is 0 Å². The summed E-state index contributed by atoms with van der Waals surface area (Å²) in [6, 6.07) is 2.07. The molecule has 2 aromatic rings. The van der Waals surface area contributed by atoms with E-state index in [4.69, 9.17) is 0 Å². The van der Waals surface area contributed by atoms with Gasteiger partial charge >= 0.3 is 0 Å². The highest BCUT2D eigenvalue weighted by molar-refractivity contribution is 5.13. The zero-order valence-electron chi connectivity index (χ0n) is 11.2. The molecule has 0 saturated heterocycles. The van der Waals surface area contributed by atoms with Crippen molar-refractivity contribution < 1.29 is 5.11 Å². The van der Waals surface area contributed by atoms with E-state index in [9.17, 15) is 5.11 Å². The summed E-state index contributed by atoms with van der Waals surface area (Å²) in [7, 11) is 1.89. The molecule has 0 aliphatic carbocycles. The lowest BCUT2D eigenvalue weighted by Gasteiger charge is -2.11. The standard InChI is InChI=1S/C13H20N4O/c1-4-10-8-11(17(5-2)15-10)9-12(18)13-14-6-7-16(13)3/h6-8,12,18H,4-5,9H2,1-3H3. The third-order valence-corrected chi connectivity index (χ3v) is 3.13. The highest BCUT2D eigenvalue weighted by Crippen LogP contribution is 2.17. The van der Waals surface area contributed by atoms with Crippen molar-refractivity contribution in [3.63, 3.8) is 0 Å².